The van der Waals surface area contributed by atoms with E-state index in [0.29, 0.717) is 7.14 Å². The van der Waals surface area contributed by atoms with Crippen molar-refractivity contribution in [1.82, 2.24) is 10.6 Å². The third kappa shape index (κ3) is 7.80. The highest BCUT2D eigenvalue weighted by Gasteiger charge is 2.23. The molecule has 0 saturated carbocycles. The normalized spacial score (nSPS) is 11.4. The zero-order valence-electron chi connectivity index (χ0n) is 15.6. The molecular weight excluding hydrogens is 602 g/mol. The summed E-state index contributed by atoms with van der Waals surface area (Å²) in [7, 11) is 0. The first-order valence-electron chi connectivity index (χ1n) is 8.67. The summed E-state index contributed by atoms with van der Waals surface area (Å²) >= 11 is 4.00. The molecule has 0 fully saturated rings. The minimum atomic E-state index is -0.936. The maximum atomic E-state index is 12.5. The van der Waals surface area contributed by atoms with E-state index in [9.17, 15) is 19.5 Å². The van der Waals surface area contributed by atoms with Gasteiger partial charge >= 0.3 is 6.09 Å². The van der Waals surface area contributed by atoms with Crippen LogP contribution in [0.25, 0.3) is 0 Å². The summed E-state index contributed by atoms with van der Waals surface area (Å²) in [6, 6.07) is 11.7. The lowest BCUT2D eigenvalue weighted by molar-refractivity contribution is -0.125. The smallest absolute Gasteiger partial charge is 0.408 e. The molecule has 154 valence electrons. The molecule has 3 N–H and O–H groups in total. The second-order valence-electron chi connectivity index (χ2n) is 6.29. The first-order valence-corrected chi connectivity index (χ1v) is 10.8. The Balaban J connectivity index is 2.08. The van der Waals surface area contributed by atoms with E-state index in [-0.39, 0.29) is 31.1 Å². The SMILES string of the molecule is CC(=O)CNC(=O)[C@H](Cc1cc(I)c(O)c(I)c1)NC(=O)OCc1ccccc1. The van der Waals surface area contributed by atoms with E-state index in [0.717, 1.165) is 11.1 Å². The number of benzene rings is 2. The van der Waals surface area contributed by atoms with Crippen LogP contribution in [0.2, 0.25) is 0 Å². The van der Waals surface area contributed by atoms with Gasteiger partial charge in [-0.2, -0.15) is 0 Å². The van der Waals surface area contributed by atoms with Gasteiger partial charge in [0.1, 0.15) is 24.2 Å². The molecule has 29 heavy (non-hydrogen) atoms. The Labute approximate surface area is 195 Å². The Morgan fingerprint density at radius 2 is 1.69 bits per heavy atom. The number of alkyl carbamates (subject to hydrolysis) is 1. The molecule has 7 nitrogen and oxygen atoms in total. The maximum Gasteiger partial charge on any atom is 0.408 e. The standard InChI is InChI=1S/C20H20I2N2O5/c1-12(25)10-23-19(27)17(9-14-7-15(21)18(26)16(22)8-14)24-20(28)29-11-13-5-3-2-4-6-13/h2-8,17,26H,9-11H2,1H3,(H,23,27)(H,24,28)/t17-/m0/s1. The number of carbonyl (C=O) groups is 3. The fourth-order valence-electron chi connectivity index (χ4n) is 2.42. The molecular formula is C20H20I2N2O5. The van der Waals surface area contributed by atoms with E-state index in [1.807, 2.05) is 75.5 Å². The van der Waals surface area contributed by atoms with Gasteiger partial charge in [0, 0.05) is 6.42 Å². The molecule has 2 aromatic carbocycles. The maximum absolute atomic E-state index is 12.5. The summed E-state index contributed by atoms with van der Waals surface area (Å²) in [4.78, 5) is 35.9. The van der Waals surface area contributed by atoms with Crippen LogP contribution in [0.3, 0.4) is 0 Å². The Morgan fingerprint density at radius 3 is 2.28 bits per heavy atom. The van der Waals surface area contributed by atoms with Crippen molar-refractivity contribution in [3.8, 4) is 5.75 Å². The highest BCUT2D eigenvalue weighted by Crippen LogP contribution is 2.27. The number of ether oxygens (including phenoxy) is 1. The van der Waals surface area contributed by atoms with Gasteiger partial charge in [0.25, 0.3) is 0 Å². The molecule has 1 atom stereocenters. The number of Topliss-reactive ketones (excluding diaryl/α,β-unsaturated/α-hetero) is 1. The monoisotopic (exact) mass is 622 g/mol. The topological polar surface area (TPSA) is 105 Å². The van der Waals surface area contributed by atoms with Crippen LogP contribution in [0.1, 0.15) is 18.1 Å². The van der Waals surface area contributed by atoms with Crippen LogP contribution < -0.4 is 10.6 Å². The number of rotatable bonds is 8. The molecule has 0 aromatic heterocycles. The van der Waals surface area contributed by atoms with Crippen LogP contribution in [0.4, 0.5) is 4.79 Å². The predicted molar refractivity (Wildman–Crippen MR) is 124 cm³/mol. The molecule has 0 unspecified atom stereocenters. The van der Waals surface area contributed by atoms with Crippen molar-refractivity contribution in [1.29, 1.82) is 0 Å². The van der Waals surface area contributed by atoms with Crippen LogP contribution in [0.5, 0.6) is 5.75 Å². The molecule has 0 bridgehead atoms. The average molecular weight is 622 g/mol. The molecule has 0 aliphatic heterocycles. The van der Waals surface area contributed by atoms with Gasteiger partial charge in [-0.05, 0) is 75.4 Å². The molecule has 2 amide bonds. The van der Waals surface area contributed by atoms with E-state index >= 15 is 0 Å². The van der Waals surface area contributed by atoms with Crippen molar-refractivity contribution in [3.63, 3.8) is 0 Å². The molecule has 9 heteroatoms. The zero-order chi connectivity index (χ0) is 21.4. The quantitative estimate of drug-likeness (QED) is 0.393. The number of amides is 2. The fraction of sp³-hybridized carbons (Fsp3) is 0.250. The van der Waals surface area contributed by atoms with Crippen molar-refractivity contribution in [2.75, 3.05) is 6.54 Å². The van der Waals surface area contributed by atoms with Gasteiger partial charge in [-0.25, -0.2) is 4.79 Å². The predicted octanol–water partition coefficient (Wildman–Crippen LogP) is 3.14. The Morgan fingerprint density at radius 1 is 1.07 bits per heavy atom. The minimum Gasteiger partial charge on any atom is -0.506 e. The van der Waals surface area contributed by atoms with Crippen LogP contribution in [0.15, 0.2) is 42.5 Å². The number of hydrogen-bond acceptors (Lipinski definition) is 5. The van der Waals surface area contributed by atoms with Gasteiger partial charge in [-0.3, -0.25) is 9.59 Å². The highest BCUT2D eigenvalue weighted by molar-refractivity contribution is 14.1. The summed E-state index contributed by atoms with van der Waals surface area (Å²) in [5.41, 5.74) is 1.57. The van der Waals surface area contributed by atoms with Crippen molar-refractivity contribution in [2.45, 2.75) is 26.0 Å². The molecule has 0 aliphatic rings. The molecule has 0 saturated heterocycles. The van der Waals surface area contributed by atoms with Crippen molar-refractivity contribution in [2.24, 2.45) is 0 Å². The number of hydrogen-bond donors (Lipinski definition) is 3. The Hall–Kier alpha value is -1.89. The number of aromatic hydroxyl groups is 1. The third-order valence-corrected chi connectivity index (χ3v) is 5.49. The van der Waals surface area contributed by atoms with Gasteiger partial charge in [0.2, 0.25) is 5.91 Å². The average Bonchev–Trinajstić information content (AvgIpc) is 2.68. The summed E-state index contributed by atoms with van der Waals surface area (Å²) in [6.07, 6.45) is -0.559. The van der Waals surface area contributed by atoms with E-state index in [4.69, 9.17) is 4.74 Å². The van der Waals surface area contributed by atoms with Gasteiger partial charge in [-0.1, -0.05) is 30.3 Å². The number of carbonyl (C=O) groups excluding carboxylic acids is 3. The lowest BCUT2D eigenvalue weighted by atomic mass is 10.1. The zero-order valence-corrected chi connectivity index (χ0v) is 19.9. The van der Waals surface area contributed by atoms with E-state index in [1.165, 1.54) is 6.92 Å². The molecule has 0 radical (unpaired) electrons. The number of nitrogens with one attached hydrogen (secondary N) is 2. The number of phenols is 1. The van der Waals surface area contributed by atoms with Crippen LogP contribution in [-0.4, -0.2) is 35.5 Å². The van der Waals surface area contributed by atoms with E-state index < -0.39 is 18.0 Å². The summed E-state index contributed by atoms with van der Waals surface area (Å²) in [6.45, 7) is 1.31. The van der Waals surface area contributed by atoms with Crippen molar-refractivity contribution < 1.29 is 24.2 Å². The number of phenolic OH excluding ortho intramolecular Hbond substituents is 1. The first-order chi connectivity index (χ1) is 13.8. The Kier molecular flexibility index (Phi) is 9.14. The van der Waals surface area contributed by atoms with Gasteiger partial charge < -0.3 is 20.5 Å². The first kappa shape index (κ1) is 23.4. The molecule has 0 heterocycles. The van der Waals surface area contributed by atoms with Crippen molar-refractivity contribution in [3.05, 3.63) is 60.7 Å². The number of halogens is 2. The van der Waals surface area contributed by atoms with Gasteiger partial charge in [0.05, 0.1) is 13.7 Å². The molecule has 0 aliphatic carbocycles. The van der Waals surface area contributed by atoms with Gasteiger partial charge in [-0.15, -0.1) is 0 Å². The summed E-state index contributed by atoms with van der Waals surface area (Å²) in [5.74, 6) is -0.518. The van der Waals surface area contributed by atoms with Crippen LogP contribution in [0, 0.1) is 7.14 Å². The Bertz CT molecular complexity index is 867. The lowest BCUT2D eigenvalue weighted by Gasteiger charge is -2.19. The minimum absolute atomic E-state index is 0.0729. The second-order valence-corrected chi connectivity index (χ2v) is 8.62. The summed E-state index contributed by atoms with van der Waals surface area (Å²) < 4.78 is 6.47. The summed E-state index contributed by atoms with van der Waals surface area (Å²) in [5, 5.41) is 15.0. The van der Waals surface area contributed by atoms with E-state index in [2.05, 4.69) is 10.6 Å². The molecule has 2 rings (SSSR count). The van der Waals surface area contributed by atoms with Crippen LogP contribution >= 0.6 is 45.2 Å². The second kappa shape index (κ2) is 11.3. The fourth-order valence-corrected chi connectivity index (χ4v) is 4.32. The highest BCUT2D eigenvalue weighted by atomic mass is 127. The van der Waals surface area contributed by atoms with Crippen molar-refractivity contribution >= 4 is 63.0 Å². The lowest BCUT2D eigenvalue weighted by Crippen LogP contribution is -2.49. The van der Waals surface area contributed by atoms with E-state index in [1.54, 1.807) is 12.1 Å². The molecule has 2 aromatic rings. The molecule has 0 spiro atoms. The third-order valence-electron chi connectivity index (χ3n) is 3.85. The van der Waals surface area contributed by atoms with Crippen LogP contribution in [-0.2, 0) is 27.4 Å². The largest absolute Gasteiger partial charge is 0.506 e. The number of ketones is 1. The van der Waals surface area contributed by atoms with Gasteiger partial charge in [0.15, 0.2) is 0 Å².